The molecule has 5 heteroatoms. The molecule has 0 spiro atoms. The molecule has 1 rings (SSSR count). The number of ether oxygens (including phenoxy) is 1. The number of nitrogens with zero attached hydrogens (tertiary/aromatic N) is 1. The molecule has 0 radical (unpaired) electrons. The van der Waals surface area contributed by atoms with Crippen LogP contribution in [0.1, 0.15) is 13.3 Å². The van der Waals surface area contributed by atoms with Gasteiger partial charge in [0.05, 0.1) is 13.0 Å². The van der Waals surface area contributed by atoms with Gasteiger partial charge in [-0.15, -0.1) is 0 Å². The molecule has 18 heavy (non-hydrogen) atoms. The van der Waals surface area contributed by atoms with Gasteiger partial charge in [-0.2, -0.15) is 0 Å². The SMILES string of the molecule is CCOc1ccc(N(C)CC(N)CC(=O)O)cc1. The van der Waals surface area contributed by atoms with Gasteiger partial charge < -0.3 is 20.5 Å². The van der Waals surface area contributed by atoms with Crippen LogP contribution in [0.3, 0.4) is 0 Å². The van der Waals surface area contributed by atoms with Crippen molar-refractivity contribution >= 4 is 11.7 Å². The molecule has 100 valence electrons. The fourth-order valence-corrected chi connectivity index (χ4v) is 1.71. The fourth-order valence-electron chi connectivity index (χ4n) is 1.71. The summed E-state index contributed by atoms with van der Waals surface area (Å²) in [5, 5.41) is 8.65. The number of anilines is 1. The molecule has 1 unspecified atom stereocenters. The zero-order valence-electron chi connectivity index (χ0n) is 10.8. The summed E-state index contributed by atoms with van der Waals surface area (Å²) in [6.07, 6.45) is -0.0264. The van der Waals surface area contributed by atoms with Crippen molar-refractivity contribution in [1.29, 1.82) is 0 Å². The molecule has 0 aromatic heterocycles. The molecule has 5 nitrogen and oxygen atoms in total. The van der Waals surface area contributed by atoms with E-state index in [2.05, 4.69) is 0 Å². The van der Waals surface area contributed by atoms with Gasteiger partial charge in [0.1, 0.15) is 5.75 Å². The molecule has 0 bridgehead atoms. The molecule has 1 aromatic carbocycles. The number of carboxylic acid groups (broad SMARTS) is 1. The summed E-state index contributed by atoms with van der Waals surface area (Å²) in [5.74, 6) is -0.0490. The van der Waals surface area contributed by atoms with Crippen molar-refractivity contribution in [1.82, 2.24) is 0 Å². The lowest BCUT2D eigenvalue weighted by Gasteiger charge is -2.22. The molecule has 0 aliphatic rings. The second-order valence-electron chi connectivity index (χ2n) is 4.17. The fraction of sp³-hybridized carbons (Fsp3) is 0.462. The first-order valence-electron chi connectivity index (χ1n) is 5.94. The van der Waals surface area contributed by atoms with Crippen LogP contribution >= 0.6 is 0 Å². The minimum absolute atomic E-state index is 0.0264. The van der Waals surface area contributed by atoms with E-state index in [9.17, 15) is 4.79 Å². The first kappa shape index (κ1) is 14.3. The average Bonchev–Trinajstić information content (AvgIpc) is 2.29. The molecule has 0 saturated heterocycles. The van der Waals surface area contributed by atoms with E-state index in [1.165, 1.54) is 0 Å². The Morgan fingerprint density at radius 1 is 1.44 bits per heavy atom. The molecular weight excluding hydrogens is 232 g/mol. The first-order chi connectivity index (χ1) is 8.52. The van der Waals surface area contributed by atoms with Gasteiger partial charge in [0.2, 0.25) is 0 Å². The zero-order chi connectivity index (χ0) is 13.5. The van der Waals surface area contributed by atoms with Crippen molar-refractivity contribution in [2.75, 3.05) is 25.1 Å². The van der Waals surface area contributed by atoms with E-state index >= 15 is 0 Å². The number of carbonyl (C=O) groups is 1. The number of hydrogen-bond acceptors (Lipinski definition) is 4. The van der Waals surface area contributed by atoms with Crippen molar-refractivity contribution < 1.29 is 14.6 Å². The number of benzene rings is 1. The van der Waals surface area contributed by atoms with Crippen LogP contribution in [0.5, 0.6) is 5.75 Å². The van der Waals surface area contributed by atoms with Gasteiger partial charge in [0, 0.05) is 25.3 Å². The summed E-state index contributed by atoms with van der Waals surface area (Å²) in [6.45, 7) is 3.07. The highest BCUT2D eigenvalue weighted by atomic mass is 16.5. The first-order valence-corrected chi connectivity index (χ1v) is 5.94. The van der Waals surface area contributed by atoms with E-state index in [4.69, 9.17) is 15.6 Å². The van der Waals surface area contributed by atoms with Crippen molar-refractivity contribution in [3.63, 3.8) is 0 Å². The van der Waals surface area contributed by atoms with E-state index in [-0.39, 0.29) is 12.5 Å². The molecule has 0 fully saturated rings. The lowest BCUT2D eigenvalue weighted by atomic mass is 10.2. The third-order valence-corrected chi connectivity index (χ3v) is 2.53. The number of likely N-dealkylation sites (N-methyl/N-ethyl adjacent to an activating group) is 1. The van der Waals surface area contributed by atoms with Crippen LogP contribution in [-0.4, -0.2) is 37.3 Å². The predicted octanol–water partition coefficient (Wildman–Crippen LogP) is 1.32. The molecule has 0 saturated carbocycles. The largest absolute Gasteiger partial charge is 0.494 e. The van der Waals surface area contributed by atoms with Crippen LogP contribution in [0, 0.1) is 0 Å². The van der Waals surface area contributed by atoms with Gasteiger partial charge in [-0.25, -0.2) is 0 Å². The Morgan fingerprint density at radius 2 is 2.06 bits per heavy atom. The molecule has 3 N–H and O–H groups in total. The molecule has 0 aliphatic heterocycles. The second-order valence-corrected chi connectivity index (χ2v) is 4.17. The quantitative estimate of drug-likeness (QED) is 0.765. The van der Waals surface area contributed by atoms with E-state index in [0.29, 0.717) is 13.2 Å². The summed E-state index contributed by atoms with van der Waals surface area (Å²) in [6, 6.07) is 7.26. The number of carboxylic acids is 1. The van der Waals surface area contributed by atoms with Gasteiger partial charge in [-0.05, 0) is 31.2 Å². The van der Waals surface area contributed by atoms with E-state index < -0.39 is 5.97 Å². The lowest BCUT2D eigenvalue weighted by molar-refractivity contribution is -0.137. The Kier molecular flexibility index (Phi) is 5.45. The number of nitrogens with two attached hydrogens (primary N) is 1. The average molecular weight is 252 g/mol. The van der Waals surface area contributed by atoms with Crippen LogP contribution in [0.2, 0.25) is 0 Å². The maximum Gasteiger partial charge on any atom is 0.304 e. The highest BCUT2D eigenvalue weighted by molar-refractivity contribution is 5.67. The van der Waals surface area contributed by atoms with E-state index in [0.717, 1.165) is 11.4 Å². The van der Waals surface area contributed by atoms with Crippen LogP contribution < -0.4 is 15.4 Å². The summed E-state index contributed by atoms with van der Waals surface area (Å²) in [4.78, 5) is 12.5. The molecule has 1 aromatic rings. The zero-order valence-corrected chi connectivity index (χ0v) is 10.8. The minimum atomic E-state index is -0.873. The van der Waals surface area contributed by atoms with Crippen molar-refractivity contribution in [2.24, 2.45) is 5.73 Å². The Labute approximate surface area is 107 Å². The third kappa shape index (κ3) is 4.63. The van der Waals surface area contributed by atoms with E-state index in [1.54, 1.807) is 0 Å². The highest BCUT2D eigenvalue weighted by Crippen LogP contribution is 2.18. The molecular formula is C13H20N2O3. The summed E-state index contributed by atoms with van der Waals surface area (Å²) in [5.41, 5.74) is 6.73. The van der Waals surface area contributed by atoms with Gasteiger partial charge >= 0.3 is 5.97 Å². The van der Waals surface area contributed by atoms with Gasteiger partial charge in [-0.3, -0.25) is 4.79 Å². The monoisotopic (exact) mass is 252 g/mol. The lowest BCUT2D eigenvalue weighted by Crippen LogP contribution is -2.36. The summed E-state index contributed by atoms with van der Waals surface area (Å²) >= 11 is 0. The molecule has 1 atom stereocenters. The van der Waals surface area contributed by atoms with Crippen molar-refractivity contribution in [2.45, 2.75) is 19.4 Å². The molecule has 0 aliphatic carbocycles. The number of aliphatic carboxylic acids is 1. The molecule has 0 amide bonds. The normalized spacial score (nSPS) is 11.9. The Morgan fingerprint density at radius 3 is 2.56 bits per heavy atom. The maximum absolute atomic E-state index is 10.5. The molecule has 0 heterocycles. The number of rotatable bonds is 7. The predicted molar refractivity (Wildman–Crippen MR) is 71.1 cm³/mol. The Bertz CT molecular complexity index is 378. The van der Waals surface area contributed by atoms with Gasteiger partial charge in [-0.1, -0.05) is 0 Å². The Hall–Kier alpha value is -1.75. The van der Waals surface area contributed by atoms with Gasteiger partial charge in [0.25, 0.3) is 0 Å². The standard InChI is InChI=1S/C13H20N2O3/c1-3-18-12-6-4-11(5-7-12)15(2)9-10(14)8-13(16)17/h4-7,10H,3,8-9,14H2,1-2H3,(H,16,17). The topological polar surface area (TPSA) is 75.8 Å². The van der Waals surface area contributed by atoms with Crippen molar-refractivity contribution in [3.8, 4) is 5.75 Å². The maximum atomic E-state index is 10.5. The van der Waals surface area contributed by atoms with Crippen molar-refractivity contribution in [3.05, 3.63) is 24.3 Å². The number of hydrogen-bond donors (Lipinski definition) is 2. The smallest absolute Gasteiger partial charge is 0.304 e. The van der Waals surface area contributed by atoms with Gasteiger partial charge in [0.15, 0.2) is 0 Å². The second kappa shape index (κ2) is 6.86. The minimum Gasteiger partial charge on any atom is -0.494 e. The Balaban J connectivity index is 2.55. The summed E-state index contributed by atoms with van der Waals surface area (Å²) < 4.78 is 5.35. The van der Waals surface area contributed by atoms with Crippen LogP contribution in [-0.2, 0) is 4.79 Å². The van der Waals surface area contributed by atoms with E-state index in [1.807, 2.05) is 43.1 Å². The van der Waals surface area contributed by atoms with Crippen LogP contribution in [0.25, 0.3) is 0 Å². The van der Waals surface area contributed by atoms with Crippen LogP contribution in [0.15, 0.2) is 24.3 Å². The third-order valence-electron chi connectivity index (χ3n) is 2.53. The van der Waals surface area contributed by atoms with Crippen LogP contribution in [0.4, 0.5) is 5.69 Å². The highest BCUT2D eigenvalue weighted by Gasteiger charge is 2.11. The summed E-state index contributed by atoms with van der Waals surface area (Å²) in [7, 11) is 1.89.